The molecule has 0 heterocycles. The predicted octanol–water partition coefficient (Wildman–Crippen LogP) is 27.2. The number of esters is 4. The molecule has 5 atom stereocenters. The maximum atomic E-state index is 13.2. The lowest BCUT2D eigenvalue weighted by molar-refractivity contribution is -0.161. The van der Waals surface area contributed by atoms with E-state index in [0.29, 0.717) is 31.6 Å². The maximum absolute atomic E-state index is 13.2. The molecule has 0 aromatic heterocycles. The van der Waals surface area contributed by atoms with Crippen molar-refractivity contribution >= 4 is 39.5 Å². The van der Waals surface area contributed by atoms with Crippen molar-refractivity contribution in [2.24, 2.45) is 5.92 Å². The van der Waals surface area contributed by atoms with Gasteiger partial charge in [0, 0.05) is 25.7 Å². The van der Waals surface area contributed by atoms with Crippen LogP contribution in [0.2, 0.25) is 0 Å². The zero-order valence-electron chi connectivity index (χ0n) is 70.3. The average Bonchev–Trinajstić information content (AvgIpc) is 0.904. The van der Waals surface area contributed by atoms with Crippen LogP contribution in [0.4, 0.5) is 0 Å². The van der Waals surface area contributed by atoms with Gasteiger partial charge in [0.1, 0.15) is 19.3 Å². The van der Waals surface area contributed by atoms with E-state index in [-0.39, 0.29) is 25.7 Å². The van der Waals surface area contributed by atoms with E-state index in [1.807, 2.05) is 0 Å². The van der Waals surface area contributed by atoms with Crippen molar-refractivity contribution in [1.82, 2.24) is 0 Å². The summed E-state index contributed by atoms with van der Waals surface area (Å²) in [4.78, 5) is 73.3. The molecule has 0 bridgehead atoms. The number of ether oxygens (including phenoxy) is 4. The highest BCUT2D eigenvalue weighted by molar-refractivity contribution is 7.47. The molecule has 107 heavy (non-hydrogen) atoms. The van der Waals surface area contributed by atoms with Crippen LogP contribution in [0, 0.1) is 5.92 Å². The molecule has 2 unspecified atom stereocenters. The van der Waals surface area contributed by atoms with Crippen LogP contribution in [-0.2, 0) is 65.4 Å². The molecule has 0 saturated heterocycles. The molecule has 636 valence electrons. The Kier molecular flexibility index (Phi) is 79.2. The number of hydrogen-bond donors (Lipinski definition) is 3. The molecular weight excluding hydrogens is 1390 g/mol. The van der Waals surface area contributed by atoms with Crippen molar-refractivity contribution in [2.75, 3.05) is 39.6 Å². The second-order valence-corrected chi connectivity index (χ2v) is 35.0. The fraction of sp³-hybridized carbons (Fsp3) is 0.955. The minimum atomic E-state index is -4.97. The van der Waals surface area contributed by atoms with Crippen molar-refractivity contribution in [1.29, 1.82) is 0 Å². The smallest absolute Gasteiger partial charge is 0.462 e. The van der Waals surface area contributed by atoms with Crippen LogP contribution in [0.25, 0.3) is 0 Å². The topological polar surface area (TPSA) is 237 Å². The highest BCUT2D eigenvalue weighted by atomic mass is 31.2. The number of aliphatic hydroxyl groups excluding tert-OH is 1. The fourth-order valence-corrected chi connectivity index (χ4v) is 15.4. The van der Waals surface area contributed by atoms with E-state index in [1.165, 1.54) is 295 Å². The largest absolute Gasteiger partial charge is 0.472 e. The molecule has 0 rings (SSSR count). The minimum Gasteiger partial charge on any atom is -0.462 e. The zero-order valence-corrected chi connectivity index (χ0v) is 72.1. The van der Waals surface area contributed by atoms with Crippen LogP contribution >= 0.6 is 15.6 Å². The summed E-state index contributed by atoms with van der Waals surface area (Å²) in [6.07, 6.45) is 75.2. The number of carbonyl (C=O) groups excluding carboxylic acids is 4. The van der Waals surface area contributed by atoms with Gasteiger partial charge in [-0.05, 0) is 31.6 Å². The van der Waals surface area contributed by atoms with E-state index in [0.717, 1.165) is 96.3 Å². The second kappa shape index (κ2) is 80.7. The molecule has 0 aliphatic rings. The van der Waals surface area contributed by atoms with Crippen LogP contribution in [-0.4, -0.2) is 96.7 Å². The van der Waals surface area contributed by atoms with Crippen LogP contribution < -0.4 is 0 Å². The number of aliphatic hydroxyl groups is 1. The first-order chi connectivity index (χ1) is 52.0. The summed E-state index contributed by atoms with van der Waals surface area (Å²) in [5.41, 5.74) is 0. The number of phosphoric ester groups is 2. The summed E-state index contributed by atoms with van der Waals surface area (Å²) in [7, 11) is -9.93. The second-order valence-electron chi connectivity index (χ2n) is 32.1. The lowest BCUT2D eigenvalue weighted by Gasteiger charge is -2.21. The summed E-state index contributed by atoms with van der Waals surface area (Å²) in [5, 5.41) is 10.7. The number of carbonyl (C=O) groups is 4. The van der Waals surface area contributed by atoms with Gasteiger partial charge in [0.2, 0.25) is 0 Å². The highest BCUT2D eigenvalue weighted by Crippen LogP contribution is 2.45. The summed E-state index contributed by atoms with van der Waals surface area (Å²) in [6.45, 7) is 7.32. The Morgan fingerprint density at radius 2 is 0.430 bits per heavy atom. The SMILES string of the molecule is CCCCCCCCCCCCCCCCCCCCCCCCC(=O)O[C@H](COC(=O)CCCCCCCCCCCCCCCCCCCCC)COP(=O)(O)OC[C@@H](O)COP(=O)(O)OC[C@@H](COC(=O)CCCCCCCCCC(C)C)OC(=O)CCCCCCCCCCCCCCCCCC. The molecule has 0 aromatic carbocycles. The Morgan fingerprint density at radius 1 is 0.252 bits per heavy atom. The van der Waals surface area contributed by atoms with E-state index >= 15 is 0 Å². The molecule has 0 spiro atoms. The lowest BCUT2D eigenvalue weighted by Crippen LogP contribution is -2.30. The normalized spacial score (nSPS) is 13.7. The first-order valence-electron chi connectivity index (χ1n) is 45.6. The monoisotopic (exact) mass is 1560 g/mol. The predicted molar refractivity (Wildman–Crippen MR) is 442 cm³/mol. The van der Waals surface area contributed by atoms with E-state index in [9.17, 15) is 43.2 Å². The summed E-state index contributed by atoms with van der Waals surface area (Å²) >= 11 is 0. The van der Waals surface area contributed by atoms with Crippen molar-refractivity contribution in [2.45, 2.75) is 496 Å². The maximum Gasteiger partial charge on any atom is 0.472 e. The highest BCUT2D eigenvalue weighted by Gasteiger charge is 2.30. The molecular formula is C88H172O17P2. The molecule has 0 amide bonds. The van der Waals surface area contributed by atoms with E-state index in [2.05, 4.69) is 34.6 Å². The Balaban J connectivity index is 5.21. The van der Waals surface area contributed by atoms with Gasteiger partial charge in [0.05, 0.1) is 26.4 Å². The molecule has 3 N–H and O–H groups in total. The third-order valence-electron chi connectivity index (χ3n) is 20.8. The number of unbranched alkanes of at least 4 members (excludes halogenated alkanes) is 60. The van der Waals surface area contributed by atoms with E-state index in [4.69, 9.17) is 37.0 Å². The molecule has 0 radical (unpaired) electrons. The minimum absolute atomic E-state index is 0.108. The van der Waals surface area contributed by atoms with Crippen molar-refractivity contribution in [3.63, 3.8) is 0 Å². The van der Waals surface area contributed by atoms with Crippen LogP contribution in [0.15, 0.2) is 0 Å². The molecule has 0 aliphatic carbocycles. The number of phosphoric acid groups is 2. The summed E-state index contributed by atoms with van der Waals surface area (Å²) in [6, 6.07) is 0. The van der Waals surface area contributed by atoms with Gasteiger partial charge in [0.15, 0.2) is 12.2 Å². The molecule has 0 aromatic rings. The van der Waals surface area contributed by atoms with Gasteiger partial charge in [-0.15, -0.1) is 0 Å². The first kappa shape index (κ1) is 105. The molecule has 0 fully saturated rings. The van der Waals surface area contributed by atoms with Crippen molar-refractivity contribution in [3.8, 4) is 0 Å². The molecule has 19 heteroatoms. The third-order valence-corrected chi connectivity index (χ3v) is 22.7. The van der Waals surface area contributed by atoms with Crippen molar-refractivity contribution < 1.29 is 80.2 Å². The fourth-order valence-electron chi connectivity index (χ4n) is 13.8. The van der Waals surface area contributed by atoms with Crippen LogP contribution in [0.3, 0.4) is 0 Å². The van der Waals surface area contributed by atoms with Gasteiger partial charge in [-0.2, -0.15) is 0 Å². The van der Waals surface area contributed by atoms with Gasteiger partial charge < -0.3 is 33.8 Å². The van der Waals surface area contributed by atoms with Gasteiger partial charge in [0.25, 0.3) is 0 Å². The van der Waals surface area contributed by atoms with Gasteiger partial charge in [-0.3, -0.25) is 37.3 Å². The Labute approximate surface area is 658 Å². The quantitative estimate of drug-likeness (QED) is 0.0222. The first-order valence-corrected chi connectivity index (χ1v) is 48.6. The lowest BCUT2D eigenvalue weighted by atomic mass is 10.0. The molecule has 0 aliphatic heterocycles. The summed E-state index contributed by atoms with van der Waals surface area (Å²) in [5.74, 6) is -1.39. The van der Waals surface area contributed by atoms with Crippen molar-refractivity contribution in [3.05, 3.63) is 0 Å². The van der Waals surface area contributed by atoms with E-state index < -0.39 is 97.5 Å². The van der Waals surface area contributed by atoms with Gasteiger partial charge >= 0.3 is 39.5 Å². The average molecular weight is 1560 g/mol. The van der Waals surface area contributed by atoms with Crippen LogP contribution in [0.1, 0.15) is 478 Å². The molecule has 0 saturated carbocycles. The zero-order chi connectivity index (χ0) is 78.3. The Hall–Kier alpha value is -1.94. The van der Waals surface area contributed by atoms with Crippen LogP contribution in [0.5, 0.6) is 0 Å². The standard InChI is InChI=1S/C88H172O17P2/c1-6-9-12-15-18-21-24-27-30-33-35-36-37-39-41-44-47-50-53-58-64-69-73-87(92)104-83(77-98-85(90)71-66-61-56-51-48-45-43-40-38-34-31-28-25-22-19-16-13-10-7-2)79-102-106(94,95)100-75-82(89)76-101-107(96,97)103-80-84(78-99-86(91)72-67-62-59-54-55-60-65-70-81(4)5)105-88(93)74-68-63-57-52-49-46-42-32-29-26-23-20-17-14-11-8-3/h81-84,89H,6-80H2,1-5H3,(H,94,95)(H,96,97)/t82-,83-,84-/m1/s1. The van der Waals surface area contributed by atoms with Gasteiger partial charge in [-0.25, -0.2) is 9.13 Å². The number of hydrogen-bond acceptors (Lipinski definition) is 15. The molecule has 17 nitrogen and oxygen atoms in total. The number of rotatable bonds is 88. The summed E-state index contributed by atoms with van der Waals surface area (Å²) < 4.78 is 68.9. The Bertz CT molecular complexity index is 2030. The van der Waals surface area contributed by atoms with E-state index in [1.54, 1.807) is 0 Å². The van der Waals surface area contributed by atoms with Gasteiger partial charge in [-0.1, -0.05) is 426 Å². The third kappa shape index (κ3) is 81.9. The Morgan fingerprint density at radius 3 is 0.636 bits per heavy atom.